The van der Waals surface area contributed by atoms with Gasteiger partial charge in [0.15, 0.2) is 6.61 Å². The second-order valence-corrected chi connectivity index (χ2v) is 6.74. The van der Waals surface area contributed by atoms with E-state index in [-0.39, 0.29) is 18.4 Å². The number of carboxylic acid groups (broad SMARTS) is 1. The average molecular weight is 317 g/mol. The van der Waals surface area contributed by atoms with Crippen LogP contribution in [0.5, 0.6) is 5.75 Å². The molecule has 1 aliphatic carbocycles. The molecule has 1 N–H and O–H groups in total. The fraction of sp³-hybridized carbons (Fsp3) is 0.556. The largest absolute Gasteiger partial charge is 0.483 e. The van der Waals surface area contributed by atoms with E-state index in [4.69, 9.17) is 4.74 Å². The molecule has 3 atom stereocenters. The van der Waals surface area contributed by atoms with Crippen LogP contribution in [0.3, 0.4) is 0 Å². The molecule has 0 aromatic heterocycles. The minimum atomic E-state index is -0.890. The predicted octanol–water partition coefficient (Wildman–Crippen LogP) is 2.39. The van der Waals surface area contributed by atoms with Crippen LogP contribution >= 0.6 is 0 Å². The number of carbonyl (C=O) groups is 2. The van der Waals surface area contributed by atoms with Gasteiger partial charge in [-0.15, -0.1) is 0 Å². The Balaban J connectivity index is 1.66. The molecule has 3 unspecified atom stereocenters. The number of aryl methyl sites for hydroxylation is 2. The van der Waals surface area contributed by atoms with Gasteiger partial charge in [0.25, 0.3) is 5.91 Å². The highest BCUT2D eigenvalue weighted by atomic mass is 16.5. The van der Waals surface area contributed by atoms with Gasteiger partial charge in [0.05, 0.1) is 0 Å². The monoisotopic (exact) mass is 317 g/mol. The SMILES string of the molecule is Cc1ccc(OCC(=O)N2CC3CCCC3C2C(=O)O)c(C)c1. The van der Waals surface area contributed by atoms with Crippen LogP contribution in [-0.2, 0) is 9.59 Å². The van der Waals surface area contributed by atoms with Crippen LogP contribution in [0.1, 0.15) is 30.4 Å². The maximum absolute atomic E-state index is 12.5. The maximum atomic E-state index is 12.5. The molecule has 1 saturated heterocycles. The maximum Gasteiger partial charge on any atom is 0.326 e. The number of nitrogens with zero attached hydrogens (tertiary/aromatic N) is 1. The number of hydrogen-bond acceptors (Lipinski definition) is 3. The first-order valence-electron chi connectivity index (χ1n) is 8.19. The lowest BCUT2D eigenvalue weighted by molar-refractivity contribution is -0.150. The van der Waals surface area contributed by atoms with Crippen LogP contribution in [0.4, 0.5) is 0 Å². The van der Waals surface area contributed by atoms with Gasteiger partial charge in [-0.25, -0.2) is 4.79 Å². The normalized spacial score (nSPS) is 26.2. The van der Waals surface area contributed by atoms with Gasteiger partial charge in [-0.05, 0) is 50.2 Å². The molecule has 0 spiro atoms. The van der Waals surface area contributed by atoms with Crippen molar-refractivity contribution in [3.05, 3.63) is 29.3 Å². The molecular formula is C18H23NO4. The summed E-state index contributed by atoms with van der Waals surface area (Å²) in [5, 5.41) is 9.50. The summed E-state index contributed by atoms with van der Waals surface area (Å²) in [6.07, 6.45) is 3.00. The summed E-state index contributed by atoms with van der Waals surface area (Å²) < 4.78 is 5.63. The van der Waals surface area contributed by atoms with Gasteiger partial charge in [0.1, 0.15) is 11.8 Å². The van der Waals surface area contributed by atoms with Crippen molar-refractivity contribution in [2.24, 2.45) is 11.8 Å². The molecule has 0 bridgehead atoms. The lowest BCUT2D eigenvalue weighted by Crippen LogP contribution is -2.45. The number of aliphatic carboxylic acids is 1. The fourth-order valence-electron chi connectivity index (χ4n) is 4.06. The van der Waals surface area contributed by atoms with E-state index in [1.54, 1.807) is 0 Å². The first kappa shape index (κ1) is 15.8. The van der Waals surface area contributed by atoms with Gasteiger partial charge < -0.3 is 14.7 Å². The highest BCUT2D eigenvalue weighted by Gasteiger charge is 2.49. The molecule has 0 radical (unpaired) electrons. The summed E-state index contributed by atoms with van der Waals surface area (Å²) in [5.41, 5.74) is 2.12. The summed E-state index contributed by atoms with van der Waals surface area (Å²) in [6.45, 7) is 4.39. The minimum absolute atomic E-state index is 0.104. The Morgan fingerprint density at radius 2 is 2.09 bits per heavy atom. The number of benzene rings is 1. The standard InChI is InChI=1S/C18H23NO4/c1-11-6-7-15(12(2)8-11)23-10-16(20)19-9-13-4-3-5-14(13)17(19)18(21)22/h6-8,13-14,17H,3-5,9-10H2,1-2H3,(H,21,22). The Morgan fingerprint density at radius 3 is 2.78 bits per heavy atom. The van der Waals surface area contributed by atoms with Crippen molar-refractivity contribution in [1.29, 1.82) is 0 Å². The molecule has 124 valence electrons. The van der Waals surface area contributed by atoms with Gasteiger partial charge >= 0.3 is 5.97 Å². The summed E-state index contributed by atoms with van der Waals surface area (Å²) in [6, 6.07) is 5.11. The molecule has 2 aliphatic rings. The average Bonchev–Trinajstić information content (AvgIpc) is 3.05. The van der Waals surface area contributed by atoms with Crippen LogP contribution in [-0.4, -0.2) is 41.1 Å². The molecule has 1 aromatic carbocycles. The van der Waals surface area contributed by atoms with Gasteiger partial charge in [0, 0.05) is 6.54 Å². The lowest BCUT2D eigenvalue weighted by atomic mass is 9.94. The topological polar surface area (TPSA) is 66.8 Å². The van der Waals surface area contributed by atoms with Crippen LogP contribution in [0.2, 0.25) is 0 Å². The van der Waals surface area contributed by atoms with Gasteiger partial charge in [0.2, 0.25) is 0 Å². The van der Waals surface area contributed by atoms with Crippen molar-refractivity contribution in [1.82, 2.24) is 4.90 Å². The Labute approximate surface area is 136 Å². The number of amides is 1. The number of fused-ring (bicyclic) bond motifs is 1. The first-order valence-corrected chi connectivity index (χ1v) is 8.19. The van der Waals surface area contributed by atoms with E-state index < -0.39 is 12.0 Å². The van der Waals surface area contributed by atoms with Crippen molar-refractivity contribution in [3.8, 4) is 5.75 Å². The number of rotatable bonds is 4. The molecule has 1 amide bonds. The molecule has 2 fully saturated rings. The quantitative estimate of drug-likeness (QED) is 0.926. The second-order valence-electron chi connectivity index (χ2n) is 6.74. The lowest BCUT2D eigenvalue weighted by Gasteiger charge is -2.24. The number of carbonyl (C=O) groups excluding carboxylic acids is 1. The van der Waals surface area contributed by atoms with Gasteiger partial charge in [-0.3, -0.25) is 4.79 Å². The molecule has 1 aliphatic heterocycles. The third-order valence-corrected chi connectivity index (χ3v) is 5.15. The van der Waals surface area contributed by atoms with Crippen molar-refractivity contribution >= 4 is 11.9 Å². The first-order chi connectivity index (χ1) is 11.0. The van der Waals surface area contributed by atoms with Crippen LogP contribution in [0.25, 0.3) is 0 Å². The van der Waals surface area contributed by atoms with Gasteiger partial charge in [-0.1, -0.05) is 24.1 Å². The predicted molar refractivity (Wildman–Crippen MR) is 85.4 cm³/mol. The zero-order valence-corrected chi connectivity index (χ0v) is 13.6. The number of hydrogen-bond donors (Lipinski definition) is 1. The van der Waals surface area contributed by atoms with E-state index in [0.29, 0.717) is 18.2 Å². The van der Waals surface area contributed by atoms with E-state index in [1.165, 1.54) is 4.90 Å². The Kier molecular flexibility index (Phi) is 4.28. The Morgan fingerprint density at radius 1 is 1.30 bits per heavy atom. The van der Waals surface area contributed by atoms with E-state index in [9.17, 15) is 14.7 Å². The molecule has 1 saturated carbocycles. The summed E-state index contributed by atoms with van der Waals surface area (Å²) >= 11 is 0. The van der Waals surface area contributed by atoms with Crippen LogP contribution in [0, 0.1) is 25.7 Å². The molecule has 23 heavy (non-hydrogen) atoms. The molecule has 1 heterocycles. The number of carboxylic acids is 1. The molecule has 3 rings (SSSR count). The third kappa shape index (κ3) is 3.05. The fourth-order valence-corrected chi connectivity index (χ4v) is 4.06. The van der Waals surface area contributed by atoms with Crippen LogP contribution < -0.4 is 4.74 Å². The number of ether oxygens (including phenoxy) is 1. The van der Waals surface area contributed by atoms with E-state index in [2.05, 4.69) is 0 Å². The molecular weight excluding hydrogens is 294 g/mol. The highest BCUT2D eigenvalue weighted by molar-refractivity contribution is 5.85. The van der Waals surface area contributed by atoms with Crippen molar-refractivity contribution in [3.63, 3.8) is 0 Å². The highest BCUT2D eigenvalue weighted by Crippen LogP contribution is 2.42. The second kappa shape index (κ2) is 6.22. The number of likely N-dealkylation sites (tertiary alicyclic amines) is 1. The van der Waals surface area contributed by atoms with Gasteiger partial charge in [-0.2, -0.15) is 0 Å². The molecule has 5 nitrogen and oxygen atoms in total. The summed E-state index contributed by atoms with van der Waals surface area (Å²) in [5.74, 6) is -0.0000190. The smallest absolute Gasteiger partial charge is 0.326 e. The Hall–Kier alpha value is -2.04. The van der Waals surface area contributed by atoms with E-state index in [1.807, 2.05) is 32.0 Å². The van der Waals surface area contributed by atoms with Crippen LogP contribution in [0.15, 0.2) is 18.2 Å². The minimum Gasteiger partial charge on any atom is -0.483 e. The van der Waals surface area contributed by atoms with Crippen molar-refractivity contribution in [2.45, 2.75) is 39.2 Å². The molecule has 5 heteroatoms. The molecule has 1 aromatic rings. The zero-order chi connectivity index (χ0) is 16.6. The summed E-state index contributed by atoms with van der Waals surface area (Å²) in [7, 11) is 0. The Bertz CT molecular complexity index is 627. The van der Waals surface area contributed by atoms with Crippen molar-refractivity contribution < 1.29 is 19.4 Å². The zero-order valence-electron chi connectivity index (χ0n) is 13.6. The summed E-state index contributed by atoms with van der Waals surface area (Å²) in [4.78, 5) is 25.6. The third-order valence-electron chi connectivity index (χ3n) is 5.15. The van der Waals surface area contributed by atoms with Crippen molar-refractivity contribution in [2.75, 3.05) is 13.2 Å². The van der Waals surface area contributed by atoms with E-state index >= 15 is 0 Å². The van der Waals surface area contributed by atoms with E-state index in [0.717, 1.165) is 30.4 Å².